The molecule has 0 N–H and O–H groups in total. The topological polar surface area (TPSA) is 45.9 Å². The SMILES string of the molecule is COc1nc(-c2ccccc2)cc(-c2ccc(Cl)c(Cl)c2)c1C#N. The number of methoxy groups -OCH3 is 1. The minimum absolute atomic E-state index is 0.278. The number of nitriles is 1. The zero-order chi connectivity index (χ0) is 17.1. The molecule has 0 amide bonds. The van der Waals surface area contributed by atoms with Crippen molar-refractivity contribution in [3.05, 3.63) is 70.2 Å². The van der Waals surface area contributed by atoms with Crippen LogP contribution in [0.1, 0.15) is 5.56 Å². The number of hydrogen-bond donors (Lipinski definition) is 0. The van der Waals surface area contributed by atoms with Gasteiger partial charge in [-0.05, 0) is 23.8 Å². The van der Waals surface area contributed by atoms with Crippen molar-refractivity contribution in [2.75, 3.05) is 7.11 Å². The van der Waals surface area contributed by atoms with Crippen molar-refractivity contribution in [1.82, 2.24) is 4.98 Å². The standard InChI is InChI=1S/C19H12Cl2N2O/c1-24-19-15(11-22)14(13-7-8-16(20)17(21)9-13)10-18(23-19)12-5-3-2-4-6-12/h2-10H,1H3. The first-order valence-electron chi connectivity index (χ1n) is 7.14. The van der Waals surface area contributed by atoms with Crippen LogP contribution in [0.3, 0.4) is 0 Å². The van der Waals surface area contributed by atoms with Gasteiger partial charge in [-0.25, -0.2) is 4.98 Å². The lowest BCUT2D eigenvalue weighted by molar-refractivity contribution is 0.397. The summed E-state index contributed by atoms with van der Waals surface area (Å²) >= 11 is 12.1. The van der Waals surface area contributed by atoms with Gasteiger partial charge in [-0.2, -0.15) is 5.26 Å². The molecule has 0 aliphatic heterocycles. The van der Waals surface area contributed by atoms with Crippen LogP contribution in [-0.2, 0) is 0 Å². The summed E-state index contributed by atoms with van der Waals surface area (Å²) in [4.78, 5) is 4.45. The summed E-state index contributed by atoms with van der Waals surface area (Å²) in [5.74, 6) is 0.278. The Morgan fingerprint density at radius 1 is 0.958 bits per heavy atom. The molecular weight excluding hydrogens is 343 g/mol. The van der Waals surface area contributed by atoms with Crippen molar-refractivity contribution in [2.45, 2.75) is 0 Å². The fourth-order valence-electron chi connectivity index (χ4n) is 2.43. The molecule has 0 aliphatic carbocycles. The largest absolute Gasteiger partial charge is 0.480 e. The molecule has 0 saturated heterocycles. The number of aromatic nitrogens is 1. The van der Waals surface area contributed by atoms with Gasteiger partial charge in [0.25, 0.3) is 0 Å². The Morgan fingerprint density at radius 3 is 2.33 bits per heavy atom. The average molecular weight is 355 g/mol. The Balaban J connectivity index is 2.27. The third-order valence-electron chi connectivity index (χ3n) is 3.59. The van der Waals surface area contributed by atoms with Crippen molar-refractivity contribution in [3.8, 4) is 34.3 Å². The van der Waals surface area contributed by atoms with E-state index in [1.54, 1.807) is 12.1 Å². The first-order valence-corrected chi connectivity index (χ1v) is 7.89. The van der Waals surface area contributed by atoms with Gasteiger partial charge >= 0.3 is 0 Å². The smallest absolute Gasteiger partial charge is 0.232 e. The molecule has 118 valence electrons. The van der Waals surface area contributed by atoms with Gasteiger partial charge in [-0.3, -0.25) is 0 Å². The van der Waals surface area contributed by atoms with Crippen LogP contribution in [0.5, 0.6) is 5.88 Å². The molecule has 0 spiro atoms. The highest BCUT2D eigenvalue weighted by Crippen LogP contribution is 2.35. The number of benzene rings is 2. The summed E-state index contributed by atoms with van der Waals surface area (Å²) in [5, 5.41) is 10.4. The van der Waals surface area contributed by atoms with Crippen LogP contribution in [0, 0.1) is 11.3 Å². The first-order chi connectivity index (χ1) is 11.6. The van der Waals surface area contributed by atoms with Crippen molar-refractivity contribution < 1.29 is 4.74 Å². The van der Waals surface area contributed by atoms with Gasteiger partial charge < -0.3 is 4.74 Å². The molecule has 5 heteroatoms. The van der Waals surface area contributed by atoms with Crippen LogP contribution in [0.4, 0.5) is 0 Å². The summed E-state index contributed by atoms with van der Waals surface area (Å²) in [6.07, 6.45) is 0. The van der Waals surface area contributed by atoms with Gasteiger partial charge in [0.2, 0.25) is 5.88 Å². The van der Waals surface area contributed by atoms with E-state index >= 15 is 0 Å². The maximum atomic E-state index is 9.55. The summed E-state index contributed by atoms with van der Waals surface area (Å²) in [6.45, 7) is 0. The number of ether oxygens (including phenoxy) is 1. The minimum Gasteiger partial charge on any atom is -0.480 e. The molecule has 0 fully saturated rings. The maximum Gasteiger partial charge on any atom is 0.232 e. The van der Waals surface area contributed by atoms with E-state index < -0.39 is 0 Å². The monoisotopic (exact) mass is 354 g/mol. The van der Waals surface area contributed by atoms with Crippen LogP contribution >= 0.6 is 23.2 Å². The van der Waals surface area contributed by atoms with E-state index in [0.29, 0.717) is 26.9 Å². The Morgan fingerprint density at radius 2 is 1.71 bits per heavy atom. The number of nitrogens with zero attached hydrogens (tertiary/aromatic N) is 2. The highest BCUT2D eigenvalue weighted by molar-refractivity contribution is 6.42. The third-order valence-corrected chi connectivity index (χ3v) is 4.33. The summed E-state index contributed by atoms with van der Waals surface area (Å²) in [5.41, 5.74) is 3.48. The van der Waals surface area contributed by atoms with E-state index in [9.17, 15) is 5.26 Å². The van der Waals surface area contributed by atoms with E-state index in [4.69, 9.17) is 27.9 Å². The van der Waals surface area contributed by atoms with E-state index in [0.717, 1.165) is 11.1 Å². The predicted molar refractivity (Wildman–Crippen MR) is 96.4 cm³/mol. The highest BCUT2D eigenvalue weighted by atomic mass is 35.5. The lowest BCUT2D eigenvalue weighted by Crippen LogP contribution is -1.97. The average Bonchev–Trinajstić information content (AvgIpc) is 2.63. The molecule has 0 unspecified atom stereocenters. The van der Waals surface area contributed by atoms with Crippen LogP contribution in [-0.4, -0.2) is 12.1 Å². The van der Waals surface area contributed by atoms with E-state index in [1.807, 2.05) is 42.5 Å². The second-order valence-electron chi connectivity index (χ2n) is 5.05. The van der Waals surface area contributed by atoms with Gasteiger partial charge in [-0.15, -0.1) is 0 Å². The molecular formula is C19H12Cl2N2O. The molecule has 1 aromatic heterocycles. The second-order valence-corrected chi connectivity index (χ2v) is 5.86. The number of rotatable bonds is 3. The summed E-state index contributed by atoms with van der Waals surface area (Å²) in [7, 11) is 1.50. The molecule has 24 heavy (non-hydrogen) atoms. The van der Waals surface area contributed by atoms with E-state index in [2.05, 4.69) is 11.1 Å². The first kappa shape index (κ1) is 16.3. The minimum atomic E-state index is 0.278. The molecule has 0 radical (unpaired) electrons. The molecule has 0 aliphatic rings. The predicted octanol–water partition coefficient (Wildman–Crippen LogP) is 5.60. The van der Waals surface area contributed by atoms with Crippen LogP contribution in [0.2, 0.25) is 10.0 Å². The van der Waals surface area contributed by atoms with Crippen molar-refractivity contribution in [2.24, 2.45) is 0 Å². The van der Waals surface area contributed by atoms with Crippen molar-refractivity contribution >= 4 is 23.2 Å². The van der Waals surface area contributed by atoms with Gasteiger partial charge in [0, 0.05) is 11.1 Å². The van der Waals surface area contributed by atoms with Crippen molar-refractivity contribution in [3.63, 3.8) is 0 Å². The molecule has 1 heterocycles. The fourth-order valence-corrected chi connectivity index (χ4v) is 2.72. The molecule has 3 aromatic rings. The molecule has 0 atom stereocenters. The van der Waals surface area contributed by atoms with Crippen LogP contribution in [0.25, 0.3) is 22.4 Å². The van der Waals surface area contributed by atoms with Gasteiger partial charge in [-0.1, -0.05) is 59.6 Å². The van der Waals surface area contributed by atoms with Crippen LogP contribution < -0.4 is 4.74 Å². The van der Waals surface area contributed by atoms with E-state index in [-0.39, 0.29) is 5.88 Å². The van der Waals surface area contributed by atoms with Crippen LogP contribution in [0.15, 0.2) is 54.6 Å². The molecule has 3 nitrogen and oxygen atoms in total. The zero-order valence-corrected chi connectivity index (χ0v) is 14.3. The molecule has 3 rings (SSSR count). The molecule has 0 saturated carbocycles. The molecule has 0 bridgehead atoms. The number of halogens is 2. The molecule has 2 aromatic carbocycles. The number of hydrogen-bond acceptors (Lipinski definition) is 3. The lowest BCUT2D eigenvalue weighted by atomic mass is 9.99. The Labute approximate surface area is 150 Å². The number of pyridine rings is 1. The Bertz CT molecular complexity index is 934. The third kappa shape index (κ3) is 3.07. The highest BCUT2D eigenvalue weighted by Gasteiger charge is 2.16. The Hall–Kier alpha value is -2.54. The van der Waals surface area contributed by atoms with Crippen molar-refractivity contribution in [1.29, 1.82) is 5.26 Å². The fraction of sp³-hybridized carbons (Fsp3) is 0.0526. The lowest BCUT2D eigenvalue weighted by Gasteiger charge is -2.12. The normalized spacial score (nSPS) is 10.2. The van der Waals surface area contributed by atoms with E-state index in [1.165, 1.54) is 7.11 Å². The quantitative estimate of drug-likeness (QED) is 0.614. The van der Waals surface area contributed by atoms with Gasteiger partial charge in [0.15, 0.2) is 0 Å². The zero-order valence-electron chi connectivity index (χ0n) is 12.8. The summed E-state index contributed by atoms with van der Waals surface area (Å²) in [6, 6.07) is 19.0. The summed E-state index contributed by atoms with van der Waals surface area (Å²) < 4.78 is 5.32. The van der Waals surface area contributed by atoms with Gasteiger partial charge in [0.05, 0.1) is 22.8 Å². The Kier molecular flexibility index (Phi) is 4.71. The van der Waals surface area contributed by atoms with Gasteiger partial charge in [0.1, 0.15) is 11.6 Å². The second kappa shape index (κ2) is 6.92. The maximum absolute atomic E-state index is 9.55.